The fraction of sp³-hybridized carbons (Fsp3) is 0.765. The lowest BCUT2D eigenvalue weighted by Gasteiger charge is -2.26. The van der Waals surface area contributed by atoms with Crippen molar-refractivity contribution in [2.75, 3.05) is 11.9 Å². The molecule has 2 unspecified atom stereocenters. The Hall–Kier alpha value is -0.770. The summed E-state index contributed by atoms with van der Waals surface area (Å²) in [4.78, 5) is 9.48. The zero-order valence-corrected chi connectivity index (χ0v) is 14.9. The Balaban J connectivity index is 2.19. The molecule has 118 valence electrons. The molecule has 0 bridgehead atoms. The van der Waals surface area contributed by atoms with E-state index in [1.165, 1.54) is 25.7 Å². The Morgan fingerprint density at radius 2 is 2.05 bits per heavy atom. The fourth-order valence-electron chi connectivity index (χ4n) is 2.75. The quantitative estimate of drug-likeness (QED) is 0.805. The van der Waals surface area contributed by atoms with Gasteiger partial charge < -0.3 is 5.32 Å². The molecular formula is C17H29N3S. The minimum absolute atomic E-state index is 0.0133. The molecule has 21 heavy (non-hydrogen) atoms. The van der Waals surface area contributed by atoms with Crippen LogP contribution in [-0.2, 0) is 5.41 Å². The van der Waals surface area contributed by atoms with Crippen molar-refractivity contribution < 1.29 is 0 Å². The summed E-state index contributed by atoms with van der Waals surface area (Å²) in [6.45, 7) is 11.9. The average molecular weight is 308 g/mol. The molecule has 3 nitrogen and oxygen atoms in total. The van der Waals surface area contributed by atoms with Gasteiger partial charge in [-0.25, -0.2) is 9.97 Å². The highest BCUT2D eigenvalue weighted by atomic mass is 32.2. The normalized spacial score (nSPS) is 23.1. The molecule has 1 saturated carbocycles. The molecule has 0 aliphatic heterocycles. The van der Waals surface area contributed by atoms with Crippen LogP contribution in [0.5, 0.6) is 0 Å². The van der Waals surface area contributed by atoms with Gasteiger partial charge in [0.05, 0.1) is 0 Å². The van der Waals surface area contributed by atoms with Crippen molar-refractivity contribution in [2.24, 2.45) is 5.92 Å². The smallest absolute Gasteiger partial charge is 0.137 e. The summed E-state index contributed by atoms with van der Waals surface area (Å²) in [5.41, 5.74) is -0.0133. The molecular weight excluding hydrogens is 278 g/mol. The summed E-state index contributed by atoms with van der Waals surface area (Å²) in [7, 11) is 0. The SMILES string of the molecule is CCNc1cc(SC2CCCC(C)C2)nc(C(C)(C)C)n1. The first kappa shape index (κ1) is 16.6. The van der Waals surface area contributed by atoms with Crippen molar-refractivity contribution in [1.82, 2.24) is 9.97 Å². The molecule has 1 heterocycles. The molecule has 0 radical (unpaired) electrons. The first-order valence-corrected chi connectivity index (χ1v) is 9.06. The van der Waals surface area contributed by atoms with Gasteiger partial charge in [0, 0.05) is 23.3 Å². The van der Waals surface area contributed by atoms with Gasteiger partial charge >= 0.3 is 0 Å². The Morgan fingerprint density at radius 3 is 2.67 bits per heavy atom. The van der Waals surface area contributed by atoms with Gasteiger partial charge in [-0.15, -0.1) is 11.8 Å². The van der Waals surface area contributed by atoms with E-state index in [0.717, 1.165) is 29.1 Å². The third kappa shape index (κ3) is 4.87. The monoisotopic (exact) mass is 307 g/mol. The second-order valence-electron chi connectivity index (χ2n) is 7.21. The number of hydrogen-bond acceptors (Lipinski definition) is 4. The van der Waals surface area contributed by atoms with Crippen LogP contribution in [0.3, 0.4) is 0 Å². The highest BCUT2D eigenvalue weighted by Gasteiger charge is 2.23. The van der Waals surface area contributed by atoms with Gasteiger partial charge in [0.15, 0.2) is 0 Å². The van der Waals surface area contributed by atoms with Crippen LogP contribution in [0.4, 0.5) is 5.82 Å². The first-order valence-electron chi connectivity index (χ1n) is 8.18. The summed E-state index contributed by atoms with van der Waals surface area (Å²) >= 11 is 1.95. The maximum absolute atomic E-state index is 4.82. The maximum atomic E-state index is 4.82. The van der Waals surface area contributed by atoms with Crippen LogP contribution in [0.1, 0.15) is 66.1 Å². The molecule has 0 aromatic carbocycles. The Labute approximate surface area is 133 Å². The summed E-state index contributed by atoms with van der Waals surface area (Å²) in [5, 5.41) is 5.19. The summed E-state index contributed by atoms with van der Waals surface area (Å²) in [6.07, 6.45) is 5.38. The predicted molar refractivity (Wildman–Crippen MR) is 92.2 cm³/mol. The van der Waals surface area contributed by atoms with Crippen LogP contribution < -0.4 is 5.32 Å². The lowest BCUT2D eigenvalue weighted by Crippen LogP contribution is -2.19. The number of hydrogen-bond donors (Lipinski definition) is 1. The van der Waals surface area contributed by atoms with Crippen molar-refractivity contribution in [3.8, 4) is 0 Å². The molecule has 4 heteroatoms. The van der Waals surface area contributed by atoms with E-state index in [1.54, 1.807) is 0 Å². The predicted octanol–water partition coefficient (Wildman–Crippen LogP) is 4.88. The Morgan fingerprint density at radius 1 is 1.29 bits per heavy atom. The number of rotatable bonds is 4. The maximum Gasteiger partial charge on any atom is 0.137 e. The second-order valence-corrected chi connectivity index (χ2v) is 8.53. The van der Waals surface area contributed by atoms with Crippen molar-refractivity contribution >= 4 is 17.6 Å². The molecule has 1 N–H and O–H groups in total. The van der Waals surface area contributed by atoms with E-state index in [4.69, 9.17) is 4.98 Å². The van der Waals surface area contributed by atoms with Gasteiger partial charge in [0.25, 0.3) is 0 Å². The van der Waals surface area contributed by atoms with Gasteiger partial charge in [-0.3, -0.25) is 0 Å². The van der Waals surface area contributed by atoms with E-state index >= 15 is 0 Å². The lowest BCUT2D eigenvalue weighted by atomic mass is 9.91. The standard InChI is InChI=1S/C17H29N3S/c1-6-18-14-11-15(20-16(19-14)17(3,4)5)21-13-9-7-8-12(2)10-13/h11-13H,6-10H2,1-5H3,(H,18,19,20). The van der Waals surface area contributed by atoms with Gasteiger partial charge in [-0.1, -0.05) is 40.5 Å². The number of aromatic nitrogens is 2. The van der Waals surface area contributed by atoms with Gasteiger partial charge in [0.2, 0.25) is 0 Å². The Bertz CT molecular complexity index is 468. The van der Waals surface area contributed by atoms with Crippen LogP contribution in [0.25, 0.3) is 0 Å². The molecule has 1 fully saturated rings. The minimum atomic E-state index is -0.0133. The number of anilines is 1. The number of thioether (sulfide) groups is 1. The van der Waals surface area contributed by atoms with Crippen LogP contribution in [-0.4, -0.2) is 21.8 Å². The van der Waals surface area contributed by atoms with Crippen LogP contribution >= 0.6 is 11.8 Å². The molecule has 1 aliphatic carbocycles. The van der Waals surface area contributed by atoms with Crippen molar-refractivity contribution in [1.29, 1.82) is 0 Å². The van der Waals surface area contributed by atoms with Gasteiger partial charge in [-0.05, 0) is 25.7 Å². The lowest BCUT2D eigenvalue weighted by molar-refractivity contribution is 0.394. The van der Waals surface area contributed by atoms with E-state index in [9.17, 15) is 0 Å². The van der Waals surface area contributed by atoms with Crippen molar-refractivity contribution in [3.63, 3.8) is 0 Å². The van der Waals surface area contributed by atoms with E-state index in [0.29, 0.717) is 5.25 Å². The highest BCUT2D eigenvalue weighted by Crippen LogP contribution is 2.36. The summed E-state index contributed by atoms with van der Waals surface area (Å²) in [5.74, 6) is 2.75. The fourth-order valence-corrected chi connectivity index (χ4v) is 4.12. The molecule has 1 aliphatic rings. The van der Waals surface area contributed by atoms with E-state index in [2.05, 4.69) is 51.0 Å². The molecule has 0 saturated heterocycles. The summed E-state index contributed by atoms with van der Waals surface area (Å²) in [6, 6.07) is 2.11. The first-order chi connectivity index (χ1) is 9.88. The Kier molecular flexibility index (Phi) is 5.53. The molecule has 0 amide bonds. The van der Waals surface area contributed by atoms with Gasteiger partial charge in [-0.2, -0.15) is 0 Å². The van der Waals surface area contributed by atoms with E-state index < -0.39 is 0 Å². The van der Waals surface area contributed by atoms with Crippen molar-refractivity contribution in [3.05, 3.63) is 11.9 Å². The summed E-state index contributed by atoms with van der Waals surface area (Å²) < 4.78 is 0. The van der Waals surface area contributed by atoms with Crippen LogP contribution in [0, 0.1) is 5.92 Å². The largest absolute Gasteiger partial charge is 0.370 e. The number of nitrogens with one attached hydrogen (secondary N) is 1. The molecule has 2 rings (SSSR count). The highest BCUT2D eigenvalue weighted by molar-refractivity contribution is 7.99. The van der Waals surface area contributed by atoms with Crippen molar-refractivity contribution in [2.45, 2.75) is 76.0 Å². The number of nitrogens with zero attached hydrogens (tertiary/aromatic N) is 2. The van der Waals surface area contributed by atoms with Crippen LogP contribution in [0.15, 0.2) is 11.1 Å². The molecule has 0 spiro atoms. The van der Waals surface area contributed by atoms with Gasteiger partial charge in [0.1, 0.15) is 16.7 Å². The second kappa shape index (κ2) is 6.99. The molecule has 1 aromatic rings. The molecule has 1 aromatic heterocycles. The topological polar surface area (TPSA) is 37.8 Å². The third-order valence-electron chi connectivity index (χ3n) is 3.91. The van der Waals surface area contributed by atoms with Crippen LogP contribution in [0.2, 0.25) is 0 Å². The third-order valence-corrected chi connectivity index (χ3v) is 5.12. The van der Waals surface area contributed by atoms with E-state index in [-0.39, 0.29) is 5.41 Å². The molecule has 2 atom stereocenters. The van der Waals surface area contributed by atoms with E-state index in [1.807, 2.05) is 11.8 Å². The minimum Gasteiger partial charge on any atom is -0.370 e. The average Bonchev–Trinajstić information content (AvgIpc) is 2.37. The zero-order chi connectivity index (χ0) is 15.5. The zero-order valence-electron chi connectivity index (χ0n) is 14.1.